The Morgan fingerprint density at radius 1 is 1.16 bits per heavy atom. The van der Waals surface area contributed by atoms with E-state index < -0.39 is 0 Å². The number of hydrogen-bond acceptors (Lipinski definition) is 3. The highest BCUT2D eigenvalue weighted by molar-refractivity contribution is 6.08. The van der Waals surface area contributed by atoms with Crippen molar-refractivity contribution in [2.45, 2.75) is 52.4 Å². The molecule has 0 aromatic heterocycles. The van der Waals surface area contributed by atoms with Gasteiger partial charge in [-0.3, -0.25) is 19.3 Å². The van der Waals surface area contributed by atoms with Crippen LogP contribution >= 0.6 is 0 Å². The summed E-state index contributed by atoms with van der Waals surface area (Å²) in [4.78, 5) is 38.7. The van der Waals surface area contributed by atoms with Crippen molar-refractivity contribution in [2.75, 3.05) is 11.9 Å². The molecule has 1 saturated carbocycles. The standard InChI is InChI=1S/C20H26N2O3/c1-12(2)14-10-6-7-13(3)18(14)21-17(23)11-22-19(24)15-8-4-5-9-16(15)20(22)25/h6-7,10,12,15-16H,4-5,8-9,11H2,1-3H3,(H,21,23). The molecule has 1 aromatic rings. The number of amides is 3. The molecule has 1 saturated heterocycles. The van der Waals surface area contributed by atoms with Gasteiger partial charge in [-0.2, -0.15) is 0 Å². The maximum absolute atomic E-state index is 12.5. The van der Waals surface area contributed by atoms with Gasteiger partial charge in [0.2, 0.25) is 17.7 Å². The molecule has 2 fully saturated rings. The van der Waals surface area contributed by atoms with E-state index in [0.29, 0.717) is 0 Å². The number of hydrogen-bond donors (Lipinski definition) is 1. The monoisotopic (exact) mass is 342 g/mol. The van der Waals surface area contributed by atoms with E-state index in [2.05, 4.69) is 19.2 Å². The highest BCUT2D eigenvalue weighted by atomic mass is 16.2. The quantitative estimate of drug-likeness (QED) is 0.854. The molecule has 1 aromatic carbocycles. The van der Waals surface area contributed by atoms with Gasteiger partial charge in [-0.25, -0.2) is 0 Å². The van der Waals surface area contributed by atoms with Crippen LogP contribution in [0.15, 0.2) is 18.2 Å². The number of aryl methyl sites for hydroxylation is 1. The van der Waals surface area contributed by atoms with Crippen molar-refractivity contribution in [2.24, 2.45) is 11.8 Å². The highest BCUT2D eigenvalue weighted by Gasteiger charge is 2.48. The number of fused-ring (bicyclic) bond motifs is 1. The number of carbonyl (C=O) groups excluding carboxylic acids is 3. The molecule has 2 atom stereocenters. The van der Waals surface area contributed by atoms with Crippen molar-refractivity contribution in [1.82, 2.24) is 4.90 Å². The summed E-state index contributed by atoms with van der Waals surface area (Å²) in [6, 6.07) is 5.91. The SMILES string of the molecule is Cc1cccc(C(C)C)c1NC(=O)CN1C(=O)C2CCCCC2C1=O. The highest BCUT2D eigenvalue weighted by Crippen LogP contribution is 2.38. The van der Waals surface area contributed by atoms with Gasteiger partial charge in [0.1, 0.15) is 6.54 Å². The number of rotatable bonds is 4. The zero-order valence-electron chi connectivity index (χ0n) is 15.2. The third-order valence-electron chi connectivity index (χ3n) is 5.43. The van der Waals surface area contributed by atoms with Crippen molar-refractivity contribution in [3.05, 3.63) is 29.3 Å². The van der Waals surface area contributed by atoms with Gasteiger partial charge in [-0.1, -0.05) is 44.9 Å². The lowest BCUT2D eigenvalue weighted by Crippen LogP contribution is -2.38. The zero-order valence-corrected chi connectivity index (χ0v) is 15.2. The summed E-state index contributed by atoms with van der Waals surface area (Å²) in [6.07, 6.45) is 3.51. The van der Waals surface area contributed by atoms with Gasteiger partial charge in [0.15, 0.2) is 0 Å². The third kappa shape index (κ3) is 3.32. The molecule has 25 heavy (non-hydrogen) atoms. The molecule has 2 unspecified atom stereocenters. The Bertz CT molecular complexity index is 687. The van der Waals surface area contributed by atoms with E-state index in [4.69, 9.17) is 0 Å². The zero-order chi connectivity index (χ0) is 18.1. The number of anilines is 1. The summed E-state index contributed by atoms with van der Waals surface area (Å²) in [7, 11) is 0. The number of nitrogens with one attached hydrogen (secondary N) is 1. The van der Waals surface area contributed by atoms with E-state index in [9.17, 15) is 14.4 Å². The largest absolute Gasteiger partial charge is 0.324 e. The minimum absolute atomic E-state index is 0.168. The van der Waals surface area contributed by atoms with E-state index in [0.717, 1.165) is 42.5 Å². The topological polar surface area (TPSA) is 66.5 Å². The van der Waals surface area contributed by atoms with Crippen LogP contribution in [0.5, 0.6) is 0 Å². The fourth-order valence-corrected chi connectivity index (χ4v) is 4.05. The molecule has 0 radical (unpaired) electrons. The second-order valence-corrected chi connectivity index (χ2v) is 7.50. The van der Waals surface area contributed by atoms with Crippen LogP contribution in [0.4, 0.5) is 5.69 Å². The number of nitrogens with zero attached hydrogens (tertiary/aromatic N) is 1. The molecule has 0 bridgehead atoms. The second kappa shape index (κ2) is 6.98. The molecule has 3 amide bonds. The van der Waals surface area contributed by atoms with E-state index >= 15 is 0 Å². The second-order valence-electron chi connectivity index (χ2n) is 7.50. The van der Waals surface area contributed by atoms with Crippen LogP contribution in [-0.4, -0.2) is 29.2 Å². The van der Waals surface area contributed by atoms with Crippen LogP contribution in [0.3, 0.4) is 0 Å². The molecule has 1 aliphatic heterocycles. The molecule has 0 spiro atoms. The van der Waals surface area contributed by atoms with Crippen molar-refractivity contribution >= 4 is 23.4 Å². The summed E-state index contributed by atoms with van der Waals surface area (Å²) in [5.74, 6) is -0.792. The van der Waals surface area contributed by atoms with Crippen LogP contribution in [0.25, 0.3) is 0 Å². The number of para-hydroxylation sites is 1. The first kappa shape index (κ1) is 17.6. The minimum atomic E-state index is -0.309. The van der Waals surface area contributed by atoms with E-state index in [-0.39, 0.29) is 42.0 Å². The Kier molecular flexibility index (Phi) is 4.93. The Labute approximate surface area is 148 Å². The third-order valence-corrected chi connectivity index (χ3v) is 5.43. The Hall–Kier alpha value is -2.17. The number of carbonyl (C=O) groups is 3. The predicted molar refractivity (Wildman–Crippen MR) is 96.1 cm³/mol. The van der Waals surface area contributed by atoms with Crippen LogP contribution in [0.1, 0.15) is 56.6 Å². The van der Waals surface area contributed by atoms with Gasteiger partial charge >= 0.3 is 0 Å². The Balaban J connectivity index is 1.73. The van der Waals surface area contributed by atoms with Crippen LogP contribution < -0.4 is 5.32 Å². The first-order valence-corrected chi connectivity index (χ1v) is 9.14. The van der Waals surface area contributed by atoms with Gasteiger partial charge in [0.25, 0.3) is 0 Å². The average molecular weight is 342 g/mol. The van der Waals surface area contributed by atoms with Crippen molar-refractivity contribution in [3.63, 3.8) is 0 Å². The summed E-state index contributed by atoms with van der Waals surface area (Å²) in [6.45, 7) is 5.91. The fourth-order valence-electron chi connectivity index (χ4n) is 4.05. The lowest BCUT2D eigenvalue weighted by atomic mass is 9.81. The maximum Gasteiger partial charge on any atom is 0.244 e. The van der Waals surface area contributed by atoms with Gasteiger partial charge in [-0.15, -0.1) is 0 Å². The normalized spacial score (nSPS) is 23.1. The maximum atomic E-state index is 12.5. The Morgan fingerprint density at radius 2 is 1.76 bits per heavy atom. The molecule has 5 nitrogen and oxygen atoms in total. The first-order valence-electron chi connectivity index (χ1n) is 9.14. The smallest absolute Gasteiger partial charge is 0.244 e. The molecule has 134 valence electrons. The fraction of sp³-hybridized carbons (Fsp3) is 0.550. The molecule has 3 rings (SSSR count). The number of benzene rings is 1. The number of imide groups is 1. The molecular weight excluding hydrogens is 316 g/mol. The van der Waals surface area contributed by atoms with E-state index in [1.54, 1.807) is 0 Å². The summed E-state index contributed by atoms with van der Waals surface area (Å²) in [5, 5.41) is 2.92. The van der Waals surface area contributed by atoms with E-state index in [1.807, 2.05) is 25.1 Å². The lowest BCUT2D eigenvalue weighted by molar-refractivity contribution is -0.142. The molecular formula is C20H26N2O3. The Morgan fingerprint density at radius 3 is 2.32 bits per heavy atom. The molecule has 5 heteroatoms. The predicted octanol–water partition coefficient (Wildman–Crippen LogP) is 3.23. The number of likely N-dealkylation sites (tertiary alicyclic amines) is 1. The van der Waals surface area contributed by atoms with Crippen molar-refractivity contribution in [1.29, 1.82) is 0 Å². The van der Waals surface area contributed by atoms with Crippen molar-refractivity contribution < 1.29 is 14.4 Å². The van der Waals surface area contributed by atoms with Crippen molar-refractivity contribution in [3.8, 4) is 0 Å². The molecule has 1 N–H and O–H groups in total. The molecule has 2 aliphatic rings. The summed E-state index contributed by atoms with van der Waals surface area (Å²) >= 11 is 0. The van der Waals surface area contributed by atoms with Crippen LogP contribution in [0, 0.1) is 18.8 Å². The van der Waals surface area contributed by atoms with Crippen LogP contribution in [0.2, 0.25) is 0 Å². The average Bonchev–Trinajstić information content (AvgIpc) is 2.82. The minimum Gasteiger partial charge on any atom is -0.324 e. The van der Waals surface area contributed by atoms with Crippen LogP contribution in [-0.2, 0) is 14.4 Å². The summed E-state index contributed by atoms with van der Waals surface area (Å²) < 4.78 is 0. The lowest BCUT2D eigenvalue weighted by Gasteiger charge is -2.19. The molecule has 1 heterocycles. The molecule has 1 aliphatic carbocycles. The van der Waals surface area contributed by atoms with Gasteiger partial charge < -0.3 is 5.32 Å². The summed E-state index contributed by atoms with van der Waals surface area (Å²) in [5.41, 5.74) is 2.83. The first-order chi connectivity index (χ1) is 11.9. The van der Waals surface area contributed by atoms with E-state index in [1.165, 1.54) is 4.90 Å². The van der Waals surface area contributed by atoms with Gasteiger partial charge in [0, 0.05) is 5.69 Å². The van der Waals surface area contributed by atoms with Gasteiger partial charge in [-0.05, 0) is 36.8 Å². The van der Waals surface area contributed by atoms with Gasteiger partial charge in [0.05, 0.1) is 11.8 Å².